The van der Waals surface area contributed by atoms with Crippen LogP contribution >= 0.6 is 0 Å². The molecule has 2 fully saturated rings. The topological polar surface area (TPSA) is 0 Å². The molecule has 2 saturated carbocycles. The summed E-state index contributed by atoms with van der Waals surface area (Å²) in [5.41, 5.74) is 0. The van der Waals surface area contributed by atoms with Crippen LogP contribution in [0.5, 0.6) is 0 Å². The zero-order valence-electron chi connectivity index (χ0n) is 16.8. The molecular weight excluding hydrogens is 288 g/mol. The molecule has 0 heterocycles. The van der Waals surface area contributed by atoms with E-state index in [-0.39, 0.29) is 0 Å². The van der Waals surface area contributed by atoms with E-state index in [4.69, 9.17) is 0 Å². The number of allylic oxidation sites excluding steroid dienone is 2. The maximum atomic E-state index is 2.49. The van der Waals surface area contributed by atoms with Crippen molar-refractivity contribution in [3.05, 3.63) is 12.2 Å². The normalized spacial score (nSPS) is 31.6. The maximum Gasteiger partial charge on any atom is -0.0233 e. The maximum absolute atomic E-state index is 2.49. The lowest BCUT2D eigenvalue weighted by molar-refractivity contribution is 0.240. The van der Waals surface area contributed by atoms with E-state index in [9.17, 15) is 0 Å². The third-order valence-corrected chi connectivity index (χ3v) is 6.94. The van der Waals surface area contributed by atoms with Gasteiger partial charge in [-0.3, -0.25) is 0 Å². The predicted octanol–water partition coefficient (Wildman–Crippen LogP) is 8.32. The molecule has 0 radical (unpaired) electrons. The Morgan fingerprint density at radius 1 is 0.625 bits per heavy atom. The molecule has 2 rings (SSSR count). The molecule has 140 valence electrons. The van der Waals surface area contributed by atoms with Gasteiger partial charge in [0.05, 0.1) is 0 Å². The Bertz CT molecular complexity index is 313. The van der Waals surface area contributed by atoms with E-state index in [1.165, 1.54) is 77.0 Å². The lowest BCUT2D eigenvalue weighted by Crippen LogP contribution is -2.15. The minimum Gasteiger partial charge on any atom is -0.0885 e. The van der Waals surface area contributed by atoms with Crippen LogP contribution < -0.4 is 0 Å². The average molecular weight is 333 g/mol. The molecule has 0 aromatic heterocycles. The van der Waals surface area contributed by atoms with E-state index in [2.05, 4.69) is 26.0 Å². The number of hydrogen-bond acceptors (Lipinski definition) is 0. The van der Waals surface area contributed by atoms with Gasteiger partial charge < -0.3 is 0 Å². The highest BCUT2D eigenvalue weighted by atomic mass is 14.3. The summed E-state index contributed by atoms with van der Waals surface area (Å²) in [5, 5.41) is 0. The van der Waals surface area contributed by atoms with Crippen LogP contribution in [0.4, 0.5) is 0 Å². The highest BCUT2D eigenvalue weighted by Crippen LogP contribution is 2.36. The summed E-state index contributed by atoms with van der Waals surface area (Å²) in [6, 6.07) is 0. The molecule has 0 unspecified atom stereocenters. The minimum atomic E-state index is 0.907. The van der Waals surface area contributed by atoms with Crippen molar-refractivity contribution in [1.29, 1.82) is 0 Å². The highest BCUT2D eigenvalue weighted by Gasteiger charge is 2.21. The summed E-state index contributed by atoms with van der Waals surface area (Å²) in [6.45, 7) is 4.58. The Kier molecular flexibility index (Phi) is 10.2. The molecular formula is C24H44. The fourth-order valence-corrected chi connectivity index (χ4v) is 5.17. The fraction of sp³-hybridized carbons (Fsp3) is 0.917. The molecule has 0 nitrogen and oxygen atoms in total. The van der Waals surface area contributed by atoms with E-state index < -0.39 is 0 Å². The van der Waals surface area contributed by atoms with Crippen LogP contribution in [0, 0.1) is 23.7 Å². The largest absolute Gasteiger partial charge is 0.0885 e. The smallest absolute Gasteiger partial charge is 0.0233 e. The molecule has 2 aliphatic carbocycles. The van der Waals surface area contributed by atoms with E-state index in [0.29, 0.717) is 0 Å². The molecule has 0 N–H and O–H groups in total. The first-order chi connectivity index (χ1) is 11.8. The van der Waals surface area contributed by atoms with Gasteiger partial charge in [-0.15, -0.1) is 0 Å². The van der Waals surface area contributed by atoms with Crippen LogP contribution in [-0.2, 0) is 0 Å². The van der Waals surface area contributed by atoms with Gasteiger partial charge in [-0.25, -0.2) is 0 Å². The minimum absolute atomic E-state index is 0.907. The van der Waals surface area contributed by atoms with Crippen LogP contribution in [0.2, 0.25) is 0 Å². The van der Waals surface area contributed by atoms with Gasteiger partial charge in [0.15, 0.2) is 0 Å². The van der Waals surface area contributed by atoms with E-state index in [1.807, 2.05) is 0 Å². The zero-order valence-corrected chi connectivity index (χ0v) is 16.8. The van der Waals surface area contributed by atoms with Crippen molar-refractivity contribution in [3.8, 4) is 0 Å². The van der Waals surface area contributed by atoms with Gasteiger partial charge in [-0.05, 0) is 55.8 Å². The number of unbranched alkanes of at least 4 members (excludes halogenated alkanes) is 2. The Hall–Kier alpha value is -0.260. The van der Waals surface area contributed by atoms with E-state index in [0.717, 1.165) is 23.7 Å². The molecule has 24 heavy (non-hydrogen) atoms. The number of hydrogen-bond donors (Lipinski definition) is 0. The van der Waals surface area contributed by atoms with Crippen LogP contribution in [0.25, 0.3) is 0 Å². The summed E-state index contributed by atoms with van der Waals surface area (Å²) in [5.74, 6) is 4.13. The van der Waals surface area contributed by atoms with Crippen LogP contribution in [-0.4, -0.2) is 0 Å². The first-order valence-corrected chi connectivity index (χ1v) is 11.5. The molecule has 2 aliphatic rings. The van der Waals surface area contributed by atoms with Crippen molar-refractivity contribution in [2.45, 2.75) is 117 Å². The molecule has 0 spiro atoms. The molecule has 0 bridgehead atoms. The second-order valence-corrected chi connectivity index (χ2v) is 8.93. The fourth-order valence-electron chi connectivity index (χ4n) is 5.17. The van der Waals surface area contributed by atoms with Gasteiger partial charge >= 0.3 is 0 Å². The molecule has 0 aromatic carbocycles. The first-order valence-electron chi connectivity index (χ1n) is 11.5. The Labute approximate surface area is 152 Å². The molecule has 0 atom stereocenters. The first kappa shape index (κ1) is 20.1. The van der Waals surface area contributed by atoms with Gasteiger partial charge in [0.2, 0.25) is 0 Å². The van der Waals surface area contributed by atoms with Crippen molar-refractivity contribution in [3.63, 3.8) is 0 Å². The average Bonchev–Trinajstić information content (AvgIpc) is 2.64. The number of rotatable bonds is 10. The van der Waals surface area contributed by atoms with Gasteiger partial charge in [0.1, 0.15) is 0 Å². The Morgan fingerprint density at radius 3 is 1.54 bits per heavy atom. The Balaban J connectivity index is 1.47. The quantitative estimate of drug-likeness (QED) is 0.278. The van der Waals surface area contributed by atoms with Crippen molar-refractivity contribution in [2.24, 2.45) is 23.7 Å². The Morgan fingerprint density at radius 2 is 1.08 bits per heavy atom. The van der Waals surface area contributed by atoms with Gasteiger partial charge in [-0.1, -0.05) is 96.6 Å². The second-order valence-electron chi connectivity index (χ2n) is 8.93. The molecule has 0 amide bonds. The molecule has 0 aromatic rings. The third-order valence-electron chi connectivity index (χ3n) is 6.94. The van der Waals surface area contributed by atoms with E-state index in [1.54, 1.807) is 25.7 Å². The standard InChI is InChI=1S/C24H44/c1-3-5-9-21-13-17-23(18-14-21)11-7-8-12-24-19-15-22(16-20-24)10-6-4-2/h5,9,21-24H,3-4,6-8,10-20H2,1-2H3/b9-5+. The highest BCUT2D eigenvalue weighted by molar-refractivity contribution is 4.90. The summed E-state index contributed by atoms with van der Waals surface area (Å²) in [4.78, 5) is 0. The van der Waals surface area contributed by atoms with Gasteiger partial charge in [0, 0.05) is 0 Å². The van der Waals surface area contributed by atoms with Gasteiger partial charge in [-0.2, -0.15) is 0 Å². The van der Waals surface area contributed by atoms with Crippen LogP contribution in [0.1, 0.15) is 117 Å². The second kappa shape index (κ2) is 12.2. The van der Waals surface area contributed by atoms with Crippen molar-refractivity contribution in [1.82, 2.24) is 0 Å². The summed E-state index contributed by atoms with van der Waals surface area (Å²) in [6.07, 6.45) is 28.6. The third kappa shape index (κ3) is 7.75. The lowest BCUT2D eigenvalue weighted by Gasteiger charge is -2.29. The predicted molar refractivity (Wildman–Crippen MR) is 108 cm³/mol. The monoisotopic (exact) mass is 332 g/mol. The van der Waals surface area contributed by atoms with Crippen molar-refractivity contribution >= 4 is 0 Å². The summed E-state index contributed by atoms with van der Waals surface area (Å²) >= 11 is 0. The van der Waals surface area contributed by atoms with Crippen molar-refractivity contribution < 1.29 is 0 Å². The van der Waals surface area contributed by atoms with Crippen molar-refractivity contribution in [2.75, 3.05) is 0 Å². The molecule has 0 saturated heterocycles. The van der Waals surface area contributed by atoms with Crippen LogP contribution in [0.15, 0.2) is 12.2 Å². The molecule has 0 heteroatoms. The zero-order chi connectivity index (χ0) is 17.0. The van der Waals surface area contributed by atoms with E-state index >= 15 is 0 Å². The van der Waals surface area contributed by atoms with Gasteiger partial charge in [0.25, 0.3) is 0 Å². The lowest BCUT2D eigenvalue weighted by atomic mass is 9.77. The van der Waals surface area contributed by atoms with Crippen LogP contribution in [0.3, 0.4) is 0 Å². The SMILES string of the molecule is CC/C=C/C1CCC(CCCCC2CCC(CCCC)CC2)CC1. The summed E-state index contributed by atoms with van der Waals surface area (Å²) < 4.78 is 0. The summed E-state index contributed by atoms with van der Waals surface area (Å²) in [7, 11) is 0. The molecule has 0 aliphatic heterocycles.